The van der Waals surface area contributed by atoms with Gasteiger partial charge in [0.15, 0.2) is 0 Å². The molecule has 0 atom stereocenters. The van der Waals surface area contributed by atoms with E-state index in [9.17, 15) is 8.42 Å². The molecule has 0 aromatic heterocycles. The average Bonchev–Trinajstić information content (AvgIpc) is 3.08. The minimum Gasteiger partial charge on any atom is -0.211 e. The van der Waals surface area contributed by atoms with Gasteiger partial charge in [0.25, 0.3) is 0 Å². The van der Waals surface area contributed by atoms with Crippen molar-refractivity contribution in [2.24, 2.45) is 5.41 Å². The van der Waals surface area contributed by atoms with Crippen LogP contribution in [0.1, 0.15) is 19.3 Å². The number of alkyl halides is 1. The lowest BCUT2D eigenvalue weighted by atomic mass is 10.1. The van der Waals surface area contributed by atoms with Crippen molar-refractivity contribution in [3.8, 4) is 0 Å². The Labute approximate surface area is 121 Å². The van der Waals surface area contributed by atoms with Crippen LogP contribution < -0.4 is 4.72 Å². The third-order valence-electron chi connectivity index (χ3n) is 3.35. The first-order valence-corrected chi connectivity index (χ1v) is 8.60. The molecule has 0 bridgehead atoms. The minimum atomic E-state index is -3.44. The van der Waals surface area contributed by atoms with Crippen LogP contribution in [-0.2, 0) is 10.0 Å². The van der Waals surface area contributed by atoms with Gasteiger partial charge in [0.1, 0.15) is 0 Å². The molecule has 1 aromatic carbocycles. The molecule has 1 saturated carbocycles. The summed E-state index contributed by atoms with van der Waals surface area (Å²) in [6, 6.07) is 6.82. The van der Waals surface area contributed by atoms with E-state index in [1.807, 2.05) is 0 Å². The quantitative estimate of drug-likeness (QED) is 0.800. The summed E-state index contributed by atoms with van der Waals surface area (Å²) in [5, 5.41) is 0. The summed E-state index contributed by atoms with van der Waals surface area (Å²) >= 11 is 8.99. The van der Waals surface area contributed by atoms with E-state index in [-0.39, 0.29) is 10.3 Å². The number of sulfonamides is 1. The van der Waals surface area contributed by atoms with Gasteiger partial charge in [-0.2, -0.15) is 0 Å². The number of nitrogens with one attached hydrogen (secondary N) is 1. The van der Waals surface area contributed by atoms with Crippen molar-refractivity contribution in [2.75, 3.05) is 12.4 Å². The zero-order valence-electron chi connectivity index (χ0n) is 9.83. The molecule has 0 amide bonds. The van der Waals surface area contributed by atoms with E-state index in [4.69, 9.17) is 11.6 Å². The molecule has 0 aliphatic heterocycles. The lowest BCUT2D eigenvalue weighted by molar-refractivity contribution is 0.478. The lowest BCUT2D eigenvalue weighted by Crippen LogP contribution is -2.30. The SMILES string of the molecule is O=S(=O)(NCC1(CCCl)CC1)c1ccccc1Br. The van der Waals surface area contributed by atoms with Crippen LogP contribution in [0.15, 0.2) is 33.6 Å². The Morgan fingerprint density at radius 1 is 1.33 bits per heavy atom. The Kier molecular flexibility index (Phi) is 4.36. The third kappa shape index (κ3) is 3.26. The van der Waals surface area contributed by atoms with E-state index in [2.05, 4.69) is 20.7 Å². The monoisotopic (exact) mass is 351 g/mol. The zero-order chi connectivity index (χ0) is 13.2. The maximum atomic E-state index is 12.2. The molecule has 3 nitrogen and oxygen atoms in total. The maximum Gasteiger partial charge on any atom is 0.241 e. The first-order valence-electron chi connectivity index (χ1n) is 5.79. The van der Waals surface area contributed by atoms with Gasteiger partial charge in [0.05, 0.1) is 4.90 Å². The Bertz CT molecular complexity index is 529. The Hall–Kier alpha value is -0.100. The van der Waals surface area contributed by atoms with E-state index in [0.29, 0.717) is 16.9 Å². The Morgan fingerprint density at radius 3 is 2.56 bits per heavy atom. The van der Waals surface area contributed by atoms with Crippen LogP contribution in [0.2, 0.25) is 0 Å². The van der Waals surface area contributed by atoms with Crippen LogP contribution in [0, 0.1) is 5.41 Å². The normalized spacial score (nSPS) is 17.7. The molecular weight excluding hydrogens is 338 g/mol. The van der Waals surface area contributed by atoms with E-state index in [1.54, 1.807) is 24.3 Å². The molecule has 6 heteroatoms. The van der Waals surface area contributed by atoms with Crippen LogP contribution >= 0.6 is 27.5 Å². The highest BCUT2D eigenvalue weighted by atomic mass is 79.9. The molecule has 1 aliphatic rings. The molecule has 1 aliphatic carbocycles. The summed E-state index contributed by atoms with van der Waals surface area (Å²) in [5.41, 5.74) is 0.0933. The van der Waals surface area contributed by atoms with Crippen molar-refractivity contribution < 1.29 is 8.42 Å². The molecular formula is C12H15BrClNO2S. The van der Waals surface area contributed by atoms with Crippen molar-refractivity contribution in [1.29, 1.82) is 0 Å². The second-order valence-electron chi connectivity index (χ2n) is 4.69. The lowest BCUT2D eigenvalue weighted by Gasteiger charge is -2.15. The first kappa shape index (κ1) is 14.3. The third-order valence-corrected chi connectivity index (χ3v) is 5.95. The van der Waals surface area contributed by atoms with Crippen molar-refractivity contribution in [2.45, 2.75) is 24.2 Å². The number of rotatable bonds is 6. The second-order valence-corrected chi connectivity index (χ2v) is 7.66. The summed E-state index contributed by atoms with van der Waals surface area (Å²) in [6.07, 6.45) is 2.98. The molecule has 2 rings (SSSR count). The highest BCUT2D eigenvalue weighted by molar-refractivity contribution is 9.10. The van der Waals surface area contributed by atoms with Crippen LogP contribution in [-0.4, -0.2) is 20.8 Å². The number of hydrogen-bond acceptors (Lipinski definition) is 2. The van der Waals surface area contributed by atoms with Gasteiger partial charge in [-0.3, -0.25) is 0 Å². The summed E-state index contributed by atoms with van der Waals surface area (Å²) in [7, 11) is -3.44. The molecule has 0 saturated heterocycles. The summed E-state index contributed by atoms with van der Waals surface area (Å²) in [4.78, 5) is 0.284. The molecule has 0 heterocycles. The maximum absolute atomic E-state index is 12.2. The van der Waals surface area contributed by atoms with Crippen molar-refractivity contribution in [3.05, 3.63) is 28.7 Å². The minimum absolute atomic E-state index is 0.0933. The summed E-state index contributed by atoms with van der Waals surface area (Å²) in [6.45, 7) is 0.476. The Morgan fingerprint density at radius 2 is 2.00 bits per heavy atom. The molecule has 1 aromatic rings. The topological polar surface area (TPSA) is 46.2 Å². The van der Waals surface area contributed by atoms with Crippen LogP contribution in [0.5, 0.6) is 0 Å². The largest absolute Gasteiger partial charge is 0.241 e. The summed E-state index contributed by atoms with van der Waals surface area (Å²) in [5.74, 6) is 0.580. The van der Waals surface area contributed by atoms with Crippen molar-refractivity contribution >= 4 is 37.6 Å². The number of hydrogen-bond donors (Lipinski definition) is 1. The van der Waals surface area contributed by atoms with Gasteiger partial charge in [-0.1, -0.05) is 12.1 Å². The van der Waals surface area contributed by atoms with Gasteiger partial charge in [0, 0.05) is 16.9 Å². The standard InChI is InChI=1S/C12H15BrClNO2S/c13-10-3-1-2-4-11(10)18(16,17)15-9-12(5-6-12)7-8-14/h1-4,15H,5-9H2. The highest BCUT2D eigenvalue weighted by Crippen LogP contribution is 2.48. The molecule has 1 N–H and O–H groups in total. The van der Waals surface area contributed by atoms with Gasteiger partial charge in [-0.05, 0) is 52.7 Å². The molecule has 0 unspecified atom stereocenters. The molecule has 18 heavy (non-hydrogen) atoms. The van der Waals surface area contributed by atoms with E-state index >= 15 is 0 Å². The average molecular weight is 353 g/mol. The van der Waals surface area contributed by atoms with Crippen LogP contribution in [0.25, 0.3) is 0 Å². The molecule has 1 fully saturated rings. The van der Waals surface area contributed by atoms with Gasteiger partial charge >= 0.3 is 0 Å². The molecule has 0 spiro atoms. The molecule has 100 valence electrons. The van der Waals surface area contributed by atoms with Crippen molar-refractivity contribution in [1.82, 2.24) is 4.72 Å². The predicted octanol–water partition coefficient (Wildman–Crippen LogP) is 3.14. The fraction of sp³-hybridized carbons (Fsp3) is 0.500. The van der Waals surface area contributed by atoms with Crippen LogP contribution in [0.3, 0.4) is 0 Å². The van der Waals surface area contributed by atoms with Crippen LogP contribution in [0.4, 0.5) is 0 Å². The predicted molar refractivity (Wildman–Crippen MR) is 76.3 cm³/mol. The van der Waals surface area contributed by atoms with Gasteiger partial charge < -0.3 is 0 Å². The van der Waals surface area contributed by atoms with Gasteiger partial charge in [-0.25, -0.2) is 13.1 Å². The fourth-order valence-corrected chi connectivity index (χ4v) is 4.44. The highest BCUT2D eigenvalue weighted by Gasteiger charge is 2.42. The summed E-state index contributed by atoms with van der Waals surface area (Å²) < 4.78 is 27.6. The zero-order valence-corrected chi connectivity index (χ0v) is 13.0. The Balaban J connectivity index is 2.07. The van der Waals surface area contributed by atoms with Gasteiger partial charge in [0.2, 0.25) is 10.0 Å². The first-order chi connectivity index (χ1) is 8.49. The molecule has 0 radical (unpaired) electrons. The fourth-order valence-electron chi connectivity index (χ4n) is 1.88. The van der Waals surface area contributed by atoms with Crippen molar-refractivity contribution in [3.63, 3.8) is 0 Å². The van der Waals surface area contributed by atoms with E-state index in [1.165, 1.54) is 0 Å². The van der Waals surface area contributed by atoms with E-state index in [0.717, 1.165) is 19.3 Å². The number of halogens is 2. The second kappa shape index (κ2) is 5.49. The smallest absolute Gasteiger partial charge is 0.211 e. The van der Waals surface area contributed by atoms with Gasteiger partial charge in [-0.15, -0.1) is 11.6 Å². The number of benzene rings is 1. The van der Waals surface area contributed by atoms with E-state index < -0.39 is 10.0 Å².